The maximum atomic E-state index is 12.8. The maximum Gasteiger partial charge on any atom is 0.257 e. The zero-order chi connectivity index (χ0) is 21.2. The second-order valence-corrected chi connectivity index (χ2v) is 7.44. The van der Waals surface area contributed by atoms with E-state index in [-0.39, 0.29) is 5.91 Å². The van der Waals surface area contributed by atoms with E-state index in [0.717, 1.165) is 48.6 Å². The van der Waals surface area contributed by atoms with Gasteiger partial charge in [0.15, 0.2) is 0 Å². The summed E-state index contributed by atoms with van der Waals surface area (Å²) in [6, 6.07) is 7.25. The number of piperazine rings is 1. The smallest absolute Gasteiger partial charge is 0.257 e. The van der Waals surface area contributed by atoms with Gasteiger partial charge < -0.3 is 15.1 Å². The van der Waals surface area contributed by atoms with Crippen LogP contribution >= 0.6 is 0 Å². The van der Waals surface area contributed by atoms with Gasteiger partial charge in [-0.1, -0.05) is 0 Å². The molecule has 5 heterocycles. The quantitative estimate of drug-likeness (QED) is 0.536. The van der Waals surface area contributed by atoms with Crippen molar-refractivity contribution < 1.29 is 4.79 Å². The van der Waals surface area contributed by atoms with E-state index in [9.17, 15) is 4.79 Å². The Morgan fingerprint density at radius 2 is 1.90 bits per heavy atom. The highest BCUT2D eigenvalue weighted by Crippen LogP contribution is 2.19. The predicted octanol–water partition coefficient (Wildman–Crippen LogP) is 1.61. The number of pyridine rings is 3. The van der Waals surface area contributed by atoms with Gasteiger partial charge in [0.05, 0.1) is 23.6 Å². The molecule has 1 saturated heterocycles. The monoisotopic (exact) mass is 415 g/mol. The highest BCUT2D eigenvalue weighted by Gasteiger charge is 2.17. The standard InChI is InChI=1S/C21H21N9O/c1-28-4-6-29(7-5-28)20-10-15(2-3-23-20)21(31)27-19-9-16-8-17(30-14-22-13-26-30)11-24-18(16)12-25-19/h2-3,8-14H,4-7H2,1H3,(H,25,27,31). The minimum atomic E-state index is -0.231. The van der Waals surface area contributed by atoms with Crippen LogP contribution in [0.25, 0.3) is 16.6 Å². The molecule has 1 fully saturated rings. The molecule has 156 valence electrons. The lowest BCUT2D eigenvalue weighted by atomic mass is 10.2. The summed E-state index contributed by atoms with van der Waals surface area (Å²) in [4.78, 5) is 34.5. The van der Waals surface area contributed by atoms with Crippen LogP contribution in [-0.2, 0) is 0 Å². The highest BCUT2D eigenvalue weighted by atomic mass is 16.1. The number of aromatic nitrogens is 6. The van der Waals surface area contributed by atoms with Crippen LogP contribution in [0.5, 0.6) is 0 Å². The highest BCUT2D eigenvalue weighted by molar-refractivity contribution is 6.04. The first kappa shape index (κ1) is 19.1. The summed E-state index contributed by atoms with van der Waals surface area (Å²) < 4.78 is 1.63. The predicted molar refractivity (Wildman–Crippen MR) is 116 cm³/mol. The van der Waals surface area contributed by atoms with Gasteiger partial charge in [-0.05, 0) is 31.3 Å². The summed E-state index contributed by atoms with van der Waals surface area (Å²) in [5.74, 6) is 1.03. The summed E-state index contributed by atoms with van der Waals surface area (Å²) in [6.07, 6.45) is 8.08. The largest absolute Gasteiger partial charge is 0.354 e. The summed E-state index contributed by atoms with van der Waals surface area (Å²) in [6.45, 7) is 3.73. The molecule has 10 heteroatoms. The van der Waals surface area contributed by atoms with Crippen molar-refractivity contribution in [3.63, 3.8) is 0 Å². The molecule has 31 heavy (non-hydrogen) atoms. The van der Waals surface area contributed by atoms with E-state index in [1.807, 2.05) is 12.1 Å². The lowest BCUT2D eigenvalue weighted by Gasteiger charge is -2.33. The average molecular weight is 415 g/mol. The van der Waals surface area contributed by atoms with Crippen molar-refractivity contribution in [1.29, 1.82) is 0 Å². The number of nitrogens with one attached hydrogen (secondary N) is 1. The summed E-state index contributed by atoms with van der Waals surface area (Å²) in [5, 5.41) is 7.84. The third kappa shape index (κ3) is 4.05. The Labute approximate surface area is 178 Å². The molecule has 4 aromatic rings. The number of nitrogens with zero attached hydrogens (tertiary/aromatic N) is 8. The van der Waals surface area contributed by atoms with E-state index in [1.165, 1.54) is 6.33 Å². The average Bonchev–Trinajstić information content (AvgIpc) is 3.34. The molecule has 0 saturated carbocycles. The Hall–Kier alpha value is -3.92. The maximum absolute atomic E-state index is 12.8. The third-order valence-corrected chi connectivity index (χ3v) is 5.31. The van der Waals surface area contributed by atoms with Crippen molar-refractivity contribution in [1.82, 2.24) is 34.6 Å². The Morgan fingerprint density at radius 1 is 1.03 bits per heavy atom. The molecule has 0 atom stereocenters. The number of likely N-dealkylation sites (N-methyl/N-ethyl adjacent to an activating group) is 1. The normalized spacial score (nSPS) is 14.7. The molecule has 10 nitrogen and oxygen atoms in total. The first-order chi connectivity index (χ1) is 15.2. The third-order valence-electron chi connectivity index (χ3n) is 5.31. The van der Waals surface area contributed by atoms with Crippen molar-refractivity contribution in [2.75, 3.05) is 43.4 Å². The number of anilines is 2. The van der Waals surface area contributed by atoms with Crippen LogP contribution in [-0.4, -0.2) is 73.8 Å². The number of fused-ring (bicyclic) bond motifs is 1. The molecule has 1 aliphatic rings. The van der Waals surface area contributed by atoms with Crippen molar-refractivity contribution in [2.24, 2.45) is 0 Å². The van der Waals surface area contributed by atoms with Gasteiger partial charge in [0.1, 0.15) is 24.3 Å². The first-order valence-corrected chi connectivity index (χ1v) is 9.97. The molecule has 4 aromatic heterocycles. The molecule has 0 bridgehead atoms. The molecular weight excluding hydrogens is 394 g/mol. The molecule has 1 N–H and O–H groups in total. The van der Waals surface area contributed by atoms with Gasteiger partial charge in [0.2, 0.25) is 0 Å². The second-order valence-electron chi connectivity index (χ2n) is 7.44. The first-order valence-electron chi connectivity index (χ1n) is 9.97. The molecule has 1 amide bonds. The number of hydrogen-bond donors (Lipinski definition) is 1. The number of rotatable bonds is 4. The second kappa shape index (κ2) is 8.07. The van der Waals surface area contributed by atoms with Crippen molar-refractivity contribution in [3.8, 4) is 5.69 Å². The van der Waals surface area contributed by atoms with Gasteiger partial charge in [-0.25, -0.2) is 19.6 Å². The topological polar surface area (TPSA) is 105 Å². The number of amides is 1. The summed E-state index contributed by atoms with van der Waals surface area (Å²) in [7, 11) is 2.11. The van der Waals surface area contributed by atoms with Crippen LogP contribution in [0.4, 0.5) is 11.6 Å². The van der Waals surface area contributed by atoms with Gasteiger partial charge in [-0.2, -0.15) is 5.10 Å². The molecule has 0 aliphatic carbocycles. The Balaban J connectivity index is 1.35. The van der Waals surface area contributed by atoms with Gasteiger partial charge in [0.25, 0.3) is 5.91 Å². The number of carbonyl (C=O) groups is 1. The van der Waals surface area contributed by atoms with Crippen LogP contribution in [0.3, 0.4) is 0 Å². The van der Waals surface area contributed by atoms with E-state index in [4.69, 9.17) is 0 Å². The van der Waals surface area contributed by atoms with Crippen LogP contribution in [0, 0.1) is 0 Å². The SMILES string of the molecule is CN1CCN(c2cc(C(=O)Nc3cc4cc(-n5cncn5)cnc4cn3)ccn2)CC1. The lowest BCUT2D eigenvalue weighted by Crippen LogP contribution is -2.44. The summed E-state index contributed by atoms with van der Waals surface area (Å²) in [5.41, 5.74) is 2.04. The molecular formula is C21H21N9O. The number of carbonyl (C=O) groups excluding carboxylic acids is 1. The van der Waals surface area contributed by atoms with Crippen LogP contribution in [0.15, 0.2) is 55.5 Å². The Bertz CT molecular complexity index is 1220. The van der Waals surface area contributed by atoms with Crippen molar-refractivity contribution >= 4 is 28.4 Å². The molecule has 0 spiro atoms. The Kier molecular flexibility index (Phi) is 4.97. The molecule has 1 aliphatic heterocycles. The van der Waals surface area contributed by atoms with Crippen LogP contribution in [0.2, 0.25) is 0 Å². The van der Waals surface area contributed by atoms with E-state index in [1.54, 1.807) is 41.7 Å². The van der Waals surface area contributed by atoms with E-state index >= 15 is 0 Å². The minimum Gasteiger partial charge on any atom is -0.354 e. The van der Waals surface area contributed by atoms with Crippen LogP contribution < -0.4 is 10.2 Å². The Morgan fingerprint density at radius 3 is 2.71 bits per heavy atom. The fraction of sp³-hybridized carbons (Fsp3) is 0.238. The van der Waals surface area contributed by atoms with Crippen LogP contribution in [0.1, 0.15) is 10.4 Å². The van der Waals surface area contributed by atoms with Gasteiger partial charge >= 0.3 is 0 Å². The molecule has 0 aromatic carbocycles. The van der Waals surface area contributed by atoms with Gasteiger partial charge in [-0.3, -0.25) is 9.78 Å². The molecule has 0 unspecified atom stereocenters. The lowest BCUT2D eigenvalue weighted by molar-refractivity contribution is 0.102. The van der Waals surface area contributed by atoms with Gasteiger partial charge in [-0.15, -0.1) is 0 Å². The van der Waals surface area contributed by atoms with E-state index in [0.29, 0.717) is 11.4 Å². The zero-order valence-electron chi connectivity index (χ0n) is 17.0. The van der Waals surface area contributed by atoms with Gasteiger partial charge in [0, 0.05) is 43.3 Å². The van der Waals surface area contributed by atoms with E-state index < -0.39 is 0 Å². The molecule has 0 radical (unpaired) electrons. The zero-order valence-corrected chi connectivity index (χ0v) is 17.0. The number of hydrogen-bond acceptors (Lipinski definition) is 8. The van der Waals surface area contributed by atoms with Crippen molar-refractivity contribution in [3.05, 3.63) is 61.1 Å². The van der Waals surface area contributed by atoms with Crippen molar-refractivity contribution in [2.45, 2.75) is 0 Å². The summed E-state index contributed by atoms with van der Waals surface area (Å²) >= 11 is 0. The van der Waals surface area contributed by atoms with E-state index in [2.05, 4.69) is 47.2 Å². The molecule has 5 rings (SSSR count). The fourth-order valence-corrected chi connectivity index (χ4v) is 3.51. The minimum absolute atomic E-state index is 0.231. The fourth-order valence-electron chi connectivity index (χ4n) is 3.51.